The molecule has 2 aromatic carbocycles. The van der Waals surface area contributed by atoms with E-state index in [4.69, 9.17) is 14.8 Å². The van der Waals surface area contributed by atoms with Gasteiger partial charge in [-0.3, -0.25) is 0 Å². The van der Waals surface area contributed by atoms with Gasteiger partial charge in [0.2, 0.25) is 5.88 Å². The van der Waals surface area contributed by atoms with Crippen LogP contribution in [-0.2, 0) is 6.61 Å². The summed E-state index contributed by atoms with van der Waals surface area (Å²) in [6, 6.07) is 19.7. The molecule has 2 aromatic heterocycles. The number of fused-ring (bicyclic) bond motifs is 1. The van der Waals surface area contributed by atoms with Crippen LogP contribution in [0.1, 0.15) is 27.9 Å². The smallest absolute Gasteiger partial charge is 0.215 e. The van der Waals surface area contributed by atoms with Gasteiger partial charge in [-0.2, -0.15) is 15.3 Å². The Kier molecular flexibility index (Phi) is 4.54. The largest absolute Gasteiger partial charge is 0.473 e. The Hall–Kier alpha value is -3.65. The lowest BCUT2D eigenvalue weighted by Gasteiger charge is -2.09. The molecule has 0 aliphatic rings. The van der Waals surface area contributed by atoms with E-state index < -0.39 is 0 Å². The molecule has 0 aliphatic heterocycles. The number of rotatable bonds is 4. The zero-order valence-electron chi connectivity index (χ0n) is 16.1. The van der Waals surface area contributed by atoms with Crippen LogP contribution < -0.4 is 4.74 Å². The summed E-state index contributed by atoms with van der Waals surface area (Å²) in [5, 5.41) is 15.0. The lowest BCUT2D eigenvalue weighted by molar-refractivity contribution is 0.294. The molecule has 0 saturated heterocycles. The van der Waals surface area contributed by atoms with E-state index >= 15 is 0 Å². The predicted molar refractivity (Wildman–Crippen MR) is 109 cm³/mol. The Morgan fingerprint density at radius 1 is 1.04 bits per heavy atom. The summed E-state index contributed by atoms with van der Waals surface area (Å²) >= 11 is 0. The molecule has 5 heteroatoms. The number of aromatic nitrogens is 3. The van der Waals surface area contributed by atoms with Gasteiger partial charge in [0.05, 0.1) is 23.0 Å². The fourth-order valence-electron chi connectivity index (χ4n) is 3.32. The minimum absolute atomic E-state index is 0.291. The van der Waals surface area contributed by atoms with Crippen molar-refractivity contribution in [3.63, 3.8) is 0 Å². The second kappa shape index (κ2) is 7.16. The third-order valence-corrected chi connectivity index (χ3v) is 4.78. The van der Waals surface area contributed by atoms with Crippen LogP contribution in [0.4, 0.5) is 0 Å². The molecule has 0 N–H and O–H groups in total. The quantitative estimate of drug-likeness (QED) is 0.519. The van der Waals surface area contributed by atoms with Crippen molar-refractivity contribution in [3.05, 3.63) is 82.5 Å². The molecule has 5 nitrogen and oxygen atoms in total. The third kappa shape index (κ3) is 3.21. The van der Waals surface area contributed by atoms with Gasteiger partial charge in [-0.25, -0.2) is 4.68 Å². The molecule has 0 atom stereocenters. The highest BCUT2D eigenvalue weighted by atomic mass is 16.5. The van der Waals surface area contributed by atoms with Crippen molar-refractivity contribution >= 4 is 11.0 Å². The summed E-state index contributed by atoms with van der Waals surface area (Å²) in [7, 11) is 0. The molecule has 4 rings (SSSR count). The van der Waals surface area contributed by atoms with Gasteiger partial charge in [0.25, 0.3) is 0 Å². The van der Waals surface area contributed by atoms with Gasteiger partial charge >= 0.3 is 0 Å². The van der Waals surface area contributed by atoms with E-state index in [0.29, 0.717) is 18.1 Å². The van der Waals surface area contributed by atoms with Crippen molar-refractivity contribution in [2.45, 2.75) is 27.4 Å². The van der Waals surface area contributed by atoms with Gasteiger partial charge in [-0.15, -0.1) is 0 Å². The van der Waals surface area contributed by atoms with Crippen molar-refractivity contribution in [1.29, 1.82) is 5.26 Å². The lowest BCUT2D eigenvalue weighted by Crippen LogP contribution is -2.02. The highest BCUT2D eigenvalue weighted by Gasteiger charge is 2.15. The number of hydrogen-bond donors (Lipinski definition) is 0. The van der Waals surface area contributed by atoms with Crippen molar-refractivity contribution in [2.75, 3.05) is 0 Å². The van der Waals surface area contributed by atoms with Crippen LogP contribution in [-0.4, -0.2) is 14.8 Å². The van der Waals surface area contributed by atoms with Crippen molar-refractivity contribution < 1.29 is 4.74 Å². The van der Waals surface area contributed by atoms with Gasteiger partial charge in [-0.05, 0) is 44.5 Å². The maximum Gasteiger partial charge on any atom is 0.215 e. The first-order valence-corrected chi connectivity index (χ1v) is 9.11. The minimum Gasteiger partial charge on any atom is -0.473 e. The second-order valence-corrected chi connectivity index (χ2v) is 6.87. The van der Waals surface area contributed by atoms with Crippen LogP contribution in [0.5, 0.6) is 5.88 Å². The summed E-state index contributed by atoms with van der Waals surface area (Å²) in [4.78, 5) is 4.72. The fourth-order valence-corrected chi connectivity index (χ4v) is 3.32. The highest BCUT2D eigenvalue weighted by Crippen LogP contribution is 2.27. The summed E-state index contributed by atoms with van der Waals surface area (Å²) in [6.07, 6.45) is 0. The SMILES string of the molecule is Cc1ccc(-n2nc(C)c3c(C)cc(OCc4ccccc4C#N)nc32)cc1. The van der Waals surface area contributed by atoms with Crippen molar-refractivity contribution in [2.24, 2.45) is 0 Å². The van der Waals surface area contributed by atoms with E-state index in [1.807, 2.05) is 54.9 Å². The topological polar surface area (TPSA) is 63.7 Å². The van der Waals surface area contributed by atoms with Crippen LogP contribution in [0.3, 0.4) is 0 Å². The zero-order valence-corrected chi connectivity index (χ0v) is 16.1. The molecular weight excluding hydrogens is 348 g/mol. The third-order valence-electron chi connectivity index (χ3n) is 4.78. The second-order valence-electron chi connectivity index (χ2n) is 6.87. The standard InChI is InChI=1S/C23H20N4O/c1-15-8-10-20(11-9-15)27-23-22(17(3)26-27)16(2)12-21(25-23)28-14-19-7-5-4-6-18(19)13-24/h4-12H,14H2,1-3H3. The number of pyridine rings is 1. The summed E-state index contributed by atoms with van der Waals surface area (Å²) in [5.41, 5.74) is 6.37. The molecule has 0 fully saturated rings. The van der Waals surface area contributed by atoms with Crippen LogP contribution in [0, 0.1) is 32.1 Å². The van der Waals surface area contributed by atoms with E-state index in [1.165, 1.54) is 5.56 Å². The molecule has 28 heavy (non-hydrogen) atoms. The average Bonchev–Trinajstić information content (AvgIpc) is 3.04. The number of ether oxygens (including phenoxy) is 1. The van der Waals surface area contributed by atoms with E-state index in [-0.39, 0.29) is 0 Å². The molecule has 0 bridgehead atoms. The number of benzene rings is 2. The first-order chi connectivity index (χ1) is 13.6. The zero-order chi connectivity index (χ0) is 19.7. The first-order valence-electron chi connectivity index (χ1n) is 9.11. The normalized spacial score (nSPS) is 10.8. The van der Waals surface area contributed by atoms with Crippen LogP contribution in [0.15, 0.2) is 54.6 Å². The molecule has 0 radical (unpaired) electrons. The van der Waals surface area contributed by atoms with Crippen LogP contribution in [0.25, 0.3) is 16.7 Å². The van der Waals surface area contributed by atoms with Gasteiger partial charge in [-0.1, -0.05) is 35.9 Å². The number of nitrogens with zero attached hydrogens (tertiary/aromatic N) is 4. The van der Waals surface area contributed by atoms with Crippen molar-refractivity contribution in [1.82, 2.24) is 14.8 Å². The predicted octanol–water partition coefficient (Wildman–Crippen LogP) is 4.80. The average molecular weight is 368 g/mol. The van der Waals surface area contributed by atoms with E-state index in [0.717, 1.165) is 33.5 Å². The molecule has 4 aromatic rings. The van der Waals surface area contributed by atoms with Crippen LogP contribution >= 0.6 is 0 Å². The molecule has 2 heterocycles. The Bertz CT molecular complexity index is 1200. The molecule has 0 spiro atoms. The Labute approximate surface area is 163 Å². The lowest BCUT2D eigenvalue weighted by atomic mass is 10.1. The Morgan fingerprint density at radius 2 is 1.79 bits per heavy atom. The first kappa shape index (κ1) is 17.7. The molecule has 0 aliphatic carbocycles. The maximum atomic E-state index is 9.25. The molecule has 0 amide bonds. The number of aryl methyl sites for hydroxylation is 3. The summed E-state index contributed by atoms with van der Waals surface area (Å²) in [5.74, 6) is 0.519. The monoisotopic (exact) mass is 368 g/mol. The molecule has 0 saturated carbocycles. The minimum atomic E-state index is 0.291. The van der Waals surface area contributed by atoms with Crippen molar-refractivity contribution in [3.8, 4) is 17.6 Å². The number of hydrogen-bond acceptors (Lipinski definition) is 4. The summed E-state index contributed by atoms with van der Waals surface area (Å²) in [6.45, 7) is 6.38. The highest BCUT2D eigenvalue weighted by molar-refractivity contribution is 5.84. The summed E-state index contributed by atoms with van der Waals surface area (Å²) < 4.78 is 7.79. The van der Waals surface area contributed by atoms with E-state index in [1.54, 1.807) is 6.07 Å². The van der Waals surface area contributed by atoms with E-state index in [9.17, 15) is 5.26 Å². The van der Waals surface area contributed by atoms with E-state index in [2.05, 4.69) is 25.1 Å². The van der Waals surface area contributed by atoms with Gasteiger partial charge in [0.15, 0.2) is 5.65 Å². The molecular formula is C23H20N4O. The molecule has 0 unspecified atom stereocenters. The van der Waals surface area contributed by atoms with Gasteiger partial charge < -0.3 is 4.74 Å². The van der Waals surface area contributed by atoms with Crippen LogP contribution in [0.2, 0.25) is 0 Å². The Balaban J connectivity index is 1.74. The van der Waals surface area contributed by atoms with Gasteiger partial charge in [0.1, 0.15) is 6.61 Å². The fraction of sp³-hybridized carbons (Fsp3) is 0.174. The number of nitriles is 1. The maximum absolute atomic E-state index is 9.25. The van der Waals surface area contributed by atoms with Gasteiger partial charge in [0, 0.05) is 17.0 Å². The Morgan fingerprint density at radius 3 is 2.54 bits per heavy atom. The molecule has 138 valence electrons.